The van der Waals surface area contributed by atoms with E-state index in [1.165, 1.54) is 29.7 Å². The Morgan fingerprint density at radius 3 is 2.70 bits per heavy atom. The van der Waals surface area contributed by atoms with E-state index in [1.807, 2.05) is 0 Å². The molecule has 20 heavy (non-hydrogen) atoms. The molecule has 1 aromatic rings. The lowest BCUT2D eigenvalue weighted by Gasteiger charge is -2.10. The van der Waals surface area contributed by atoms with Gasteiger partial charge in [0.1, 0.15) is 4.88 Å². The van der Waals surface area contributed by atoms with Crippen molar-refractivity contribution in [1.29, 1.82) is 0 Å². The highest BCUT2D eigenvalue weighted by Crippen LogP contribution is 2.50. The molecule has 1 aromatic heterocycles. The van der Waals surface area contributed by atoms with Crippen LogP contribution in [0.15, 0.2) is 0 Å². The Labute approximate surface area is 124 Å². The van der Waals surface area contributed by atoms with Crippen molar-refractivity contribution >= 4 is 27.9 Å². The minimum Gasteiger partial charge on any atom is -0.397 e. The standard InChI is InChI=1S/C14H24N4OS/c1-16-13(19)12-11(15)10(9-5-6-9)14(20-12)17-7-4-8-18(2)3/h9,17H,4-8,15H2,1-3H3,(H,16,19). The van der Waals surface area contributed by atoms with Gasteiger partial charge in [-0.15, -0.1) is 11.3 Å². The van der Waals surface area contributed by atoms with E-state index in [2.05, 4.69) is 29.6 Å². The SMILES string of the molecule is CNC(=O)c1sc(NCCCN(C)C)c(C2CC2)c1N. The molecule has 0 radical (unpaired) electrons. The summed E-state index contributed by atoms with van der Waals surface area (Å²) in [6.07, 6.45) is 3.44. The van der Waals surface area contributed by atoms with Crippen LogP contribution in [0.3, 0.4) is 0 Å². The summed E-state index contributed by atoms with van der Waals surface area (Å²) in [4.78, 5) is 14.7. The van der Waals surface area contributed by atoms with Crippen LogP contribution in [0.25, 0.3) is 0 Å². The van der Waals surface area contributed by atoms with Gasteiger partial charge in [0, 0.05) is 19.2 Å². The molecule has 1 saturated carbocycles. The van der Waals surface area contributed by atoms with Crippen molar-refractivity contribution in [3.63, 3.8) is 0 Å². The van der Waals surface area contributed by atoms with Gasteiger partial charge in [0.05, 0.1) is 10.7 Å². The van der Waals surface area contributed by atoms with Gasteiger partial charge in [-0.2, -0.15) is 0 Å². The van der Waals surface area contributed by atoms with Gasteiger partial charge < -0.3 is 21.3 Å². The molecule has 0 spiro atoms. The summed E-state index contributed by atoms with van der Waals surface area (Å²) < 4.78 is 0. The quantitative estimate of drug-likeness (QED) is 0.672. The van der Waals surface area contributed by atoms with Crippen molar-refractivity contribution in [3.8, 4) is 0 Å². The highest BCUT2D eigenvalue weighted by atomic mass is 32.1. The van der Waals surface area contributed by atoms with E-state index in [0.717, 1.165) is 24.5 Å². The van der Waals surface area contributed by atoms with E-state index in [1.54, 1.807) is 7.05 Å². The second-order valence-corrected chi connectivity index (χ2v) is 6.55. The maximum absolute atomic E-state index is 11.8. The van der Waals surface area contributed by atoms with Crippen LogP contribution in [0.5, 0.6) is 0 Å². The first-order valence-corrected chi connectivity index (χ1v) is 7.89. The zero-order valence-electron chi connectivity index (χ0n) is 12.5. The van der Waals surface area contributed by atoms with Gasteiger partial charge in [0.15, 0.2) is 0 Å². The Morgan fingerprint density at radius 1 is 1.45 bits per heavy atom. The summed E-state index contributed by atoms with van der Waals surface area (Å²) in [7, 11) is 5.79. The van der Waals surface area contributed by atoms with E-state index in [0.29, 0.717) is 16.5 Å². The molecule has 0 bridgehead atoms. The van der Waals surface area contributed by atoms with Crippen LogP contribution in [-0.4, -0.2) is 45.0 Å². The number of hydrogen-bond donors (Lipinski definition) is 3. The second-order valence-electron chi connectivity index (χ2n) is 5.52. The highest BCUT2D eigenvalue weighted by Gasteiger charge is 2.32. The van der Waals surface area contributed by atoms with Crippen LogP contribution in [-0.2, 0) is 0 Å². The first-order valence-electron chi connectivity index (χ1n) is 7.07. The van der Waals surface area contributed by atoms with Crippen LogP contribution in [0, 0.1) is 0 Å². The number of amides is 1. The molecule has 1 aliphatic carbocycles. The van der Waals surface area contributed by atoms with Crippen LogP contribution in [0.2, 0.25) is 0 Å². The van der Waals surface area contributed by atoms with Crippen molar-refractivity contribution in [2.24, 2.45) is 0 Å². The number of carbonyl (C=O) groups is 1. The fourth-order valence-electron chi connectivity index (χ4n) is 2.24. The molecule has 0 atom stereocenters. The zero-order valence-corrected chi connectivity index (χ0v) is 13.3. The average molecular weight is 296 g/mol. The monoisotopic (exact) mass is 296 g/mol. The first-order chi connectivity index (χ1) is 9.54. The molecule has 0 saturated heterocycles. The van der Waals surface area contributed by atoms with Gasteiger partial charge in [0.2, 0.25) is 0 Å². The van der Waals surface area contributed by atoms with Crippen LogP contribution >= 0.6 is 11.3 Å². The van der Waals surface area contributed by atoms with E-state index < -0.39 is 0 Å². The molecular weight excluding hydrogens is 272 g/mol. The topological polar surface area (TPSA) is 70.4 Å². The predicted octanol–water partition coefficient (Wildman–Crippen LogP) is 1.93. The minimum atomic E-state index is -0.0873. The Hall–Kier alpha value is -1.27. The molecule has 0 unspecified atom stereocenters. The number of nitrogens with two attached hydrogens (primary N) is 1. The van der Waals surface area contributed by atoms with Crippen LogP contribution in [0.4, 0.5) is 10.7 Å². The predicted molar refractivity (Wildman–Crippen MR) is 85.8 cm³/mol. The molecule has 6 heteroatoms. The largest absolute Gasteiger partial charge is 0.397 e. The first kappa shape index (κ1) is 15.1. The zero-order chi connectivity index (χ0) is 14.7. The Balaban J connectivity index is 2.08. The summed E-state index contributed by atoms with van der Waals surface area (Å²) in [5.41, 5.74) is 8.01. The lowest BCUT2D eigenvalue weighted by atomic mass is 10.1. The van der Waals surface area contributed by atoms with Crippen molar-refractivity contribution < 1.29 is 4.79 Å². The minimum absolute atomic E-state index is 0.0873. The third-order valence-corrected chi connectivity index (χ3v) is 4.65. The number of anilines is 2. The Morgan fingerprint density at radius 2 is 2.15 bits per heavy atom. The van der Waals surface area contributed by atoms with Crippen molar-refractivity contribution in [3.05, 3.63) is 10.4 Å². The van der Waals surface area contributed by atoms with E-state index in [9.17, 15) is 4.79 Å². The third kappa shape index (κ3) is 3.43. The fourth-order valence-corrected chi connectivity index (χ4v) is 3.42. The molecule has 1 heterocycles. The number of rotatable bonds is 7. The molecule has 4 N–H and O–H groups in total. The van der Waals surface area contributed by atoms with Gasteiger partial charge >= 0.3 is 0 Å². The molecule has 1 fully saturated rings. The van der Waals surface area contributed by atoms with Crippen molar-refractivity contribution in [2.45, 2.75) is 25.2 Å². The number of hydrogen-bond acceptors (Lipinski definition) is 5. The van der Waals surface area contributed by atoms with Gasteiger partial charge in [0.25, 0.3) is 5.91 Å². The highest BCUT2D eigenvalue weighted by molar-refractivity contribution is 7.18. The molecule has 5 nitrogen and oxygen atoms in total. The lowest BCUT2D eigenvalue weighted by molar-refractivity contribution is 0.0968. The molecule has 112 valence electrons. The van der Waals surface area contributed by atoms with Gasteiger partial charge in [-0.05, 0) is 45.8 Å². The van der Waals surface area contributed by atoms with Crippen LogP contribution in [0.1, 0.15) is 40.4 Å². The van der Waals surface area contributed by atoms with E-state index in [-0.39, 0.29) is 5.91 Å². The number of nitrogen functional groups attached to an aromatic ring is 1. The summed E-state index contributed by atoms with van der Waals surface area (Å²) in [5, 5.41) is 7.21. The Kier molecular flexibility index (Phi) is 4.88. The number of nitrogens with one attached hydrogen (secondary N) is 2. The smallest absolute Gasteiger partial charge is 0.263 e. The van der Waals surface area contributed by atoms with Crippen molar-refractivity contribution in [2.75, 3.05) is 45.3 Å². The average Bonchev–Trinajstić information content (AvgIpc) is 3.18. The van der Waals surface area contributed by atoms with Gasteiger partial charge in [-0.1, -0.05) is 0 Å². The lowest BCUT2D eigenvalue weighted by Crippen LogP contribution is -2.17. The summed E-state index contributed by atoms with van der Waals surface area (Å²) in [6, 6.07) is 0. The summed E-state index contributed by atoms with van der Waals surface area (Å²) in [5.74, 6) is 0.455. The number of nitrogens with zero attached hydrogens (tertiary/aromatic N) is 1. The van der Waals surface area contributed by atoms with Gasteiger partial charge in [-0.25, -0.2) is 0 Å². The number of thiophene rings is 1. The molecule has 0 aromatic carbocycles. The van der Waals surface area contributed by atoms with Crippen molar-refractivity contribution in [1.82, 2.24) is 10.2 Å². The molecule has 2 rings (SSSR count). The summed E-state index contributed by atoms with van der Waals surface area (Å²) in [6.45, 7) is 1.96. The summed E-state index contributed by atoms with van der Waals surface area (Å²) >= 11 is 1.48. The molecule has 0 aliphatic heterocycles. The van der Waals surface area contributed by atoms with E-state index in [4.69, 9.17) is 5.73 Å². The Bertz CT molecular complexity index is 480. The molecular formula is C14H24N4OS. The third-order valence-electron chi connectivity index (χ3n) is 3.47. The molecule has 1 amide bonds. The molecule has 1 aliphatic rings. The maximum Gasteiger partial charge on any atom is 0.263 e. The van der Waals surface area contributed by atoms with E-state index >= 15 is 0 Å². The maximum atomic E-state index is 11.8. The fraction of sp³-hybridized carbons (Fsp3) is 0.643. The normalized spacial score (nSPS) is 14.6. The second kappa shape index (κ2) is 6.45. The van der Waals surface area contributed by atoms with Crippen LogP contribution < -0.4 is 16.4 Å². The van der Waals surface area contributed by atoms with Gasteiger partial charge in [-0.3, -0.25) is 4.79 Å². The number of carbonyl (C=O) groups excluding carboxylic acids is 1.